The zero-order valence-corrected chi connectivity index (χ0v) is 15.6. The molecule has 0 aliphatic rings. The van der Waals surface area contributed by atoms with E-state index < -0.39 is 6.10 Å². The molecule has 1 atom stereocenters. The molecular formula is C21H24ClNO2. The first-order chi connectivity index (χ1) is 11.7. The van der Waals surface area contributed by atoms with E-state index in [-0.39, 0.29) is 17.7 Å². The number of amides is 1. The summed E-state index contributed by atoms with van der Waals surface area (Å²) in [5, 5.41) is 13.6. The Kier molecular flexibility index (Phi) is 6.04. The molecule has 2 rings (SSSR count). The molecule has 0 saturated heterocycles. The molecule has 132 valence electrons. The minimum Gasteiger partial charge on any atom is -0.388 e. The standard InChI is InChI=1S/C21H24ClNO2/c1-14(12-19(24)15-6-5-7-17(22)13-15)20(25)23-18-10-8-16(9-11-18)21(2,3)4/h5-11,13,19,24H,1,12H2,2-4H3,(H,23,25)/t19-/m0/s1. The normalized spacial score (nSPS) is 12.5. The first-order valence-electron chi connectivity index (χ1n) is 8.20. The Balaban J connectivity index is 1.97. The number of aliphatic hydroxyl groups excluding tert-OH is 1. The van der Waals surface area contributed by atoms with Crippen LogP contribution in [-0.2, 0) is 10.2 Å². The van der Waals surface area contributed by atoms with E-state index in [1.807, 2.05) is 24.3 Å². The lowest BCUT2D eigenvalue weighted by Gasteiger charge is -2.19. The van der Waals surface area contributed by atoms with Crippen molar-refractivity contribution in [2.75, 3.05) is 5.32 Å². The number of hydrogen-bond donors (Lipinski definition) is 2. The van der Waals surface area contributed by atoms with E-state index in [4.69, 9.17) is 11.6 Å². The van der Waals surface area contributed by atoms with Crippen molar-refractivity contribution >= 4 is 23.2 Å². The van der Waals surface area contributed by atoms with Gasteiger partial charge in [-0.2, -0.15) is 0 Å². The summed E-state index contributed by atoms with van der Waals surface area (Å²) in [6.45, 7) is 10.2. The maximum atomic E-state index is 12.3. The van der Waals surface area contributed by atoms with Gasteiger partial charge in [-0.3, -0.25) is 4.79 Å². The van der Waals surface area contributed by atoms with E-state index in [1.165, 1.54) is 5.56 Å². The first-order valence-corrected chi connectivity index (χ1v) is 8.58. The number of benzene rings is 2. The third-order valence-corrected chi connectivity index (χ3v) is 4.24. The number of carbonyl (C=O) groups excluding carboxylic acids is 1. The van der Waals surface area contributed by atoms with E-state index in [0.29, 0.717) is 21.8 Å². The monoisotopic (exact) mass is 357 g/mol. The molecule has 25 heavy (non-hydrogen) atoms. The fraction of sp³-hybridized carbons (Fsp3) is 0.286. The van der Waals surface area contributed by atoms with E-state index >= 15 is 0 Å². The lowest BCUT2D eigenvalue weighted by molar-refractivity contribution is -0.113. The Bertz CT molecular complexity index is 760. The zero-order valence-electron chi connectivity index (χ0n) is 14.8. The van der Waals surface area contributed by atoms with E-state index in [2.05, 4.69) is 32.7 Å². The fourth-order valence-corrected chi connectivity index (χ4v) is 2.63. The van der Waals surface area contributed by atoms with Gasteiger partial charge in [0.05, 0.1) is 6.10 Å². The molecule has 2 aromatic carbocycles. The van der Waals surface area contributed by atoms with Gasteiger partial charge in [0, 0.05) is 22.7 Å². The van der Waals surface area contributed by atoms with Gasteiger partial charge in [-0.05, 0) is 40.8 Å². The Labute approximate surface area is 154 Å². The second kappa shape index (κ2) is 7.85. The van der Waals surface area contributed by atoms with Crippen LogP contribution in [0.1, 0.15) is 44.4 Å². The summed E-state index contributed by atoms with van der Waals surface area (Å²) in [4.78, 5) is 12.3. The Morgan fingerprint density at radius 3 is 2.40 bits per heavy atom. The number of aliphatic hydroxyl groups is 1. The van der Waals surface area contributed by atoms with Gasteiger partial charge in [-0.1, -0.05) is 63.2 Å². The highest BCUT2D eigenvalue weighted by molar-refractivity contribution is 6.30. The van der Waals surface area contributed by atoms with Crippen LogP contribution in [0.25, 0.3) is 0 Å². The molecule has 0 fully saturated rings. The summed E-state index contributed by atoms with van der Waals surface area (Å²) in [5.74, 6) is -0.301. The molecular weight excluding hydrogens is 334 g/mol. The summed E-state index contributed by atoms with van der Waals surface area (Å²) in [6, 6.07) is 14.7. The highest BCUT2D eigenvalue weighted by Gasteiger charge is 2.16. The van der Waals surface area contributed by atoms with Crippen LogP contribution in [0.5, 0.6) is 0 Å². The number of carbonyl (C=O) groups is 1. The van der Waals surface area contributed by atoms with Gasteiger partial charge < -0.3 is 10.4 Å². The second-order valence-electron chi connectivity index (χ2n) is 7.16. The molecule has 0 heterocycles. The van der Waals surface area contributed by atoms with E-state index in [0.717, 1.165) is 0 Å². The van der Waals surface area contributed by atoms with Gasteiger partial charge in [0.1, 0.15) is 0 Å². The number of rotatable bonds is 5. The summed E-state index contributed by atoms with van der Waals surface area (Å²) in [7, 11) is 0. The number of nitrogens with one attached hydrogen (secondary N) is 1. The van der Waals surface area contributed by atoms with Crippen molar-refractivity contribution in [3.63, 3.8) is 0 Å². The topological polar surface area (TPSA) is 49.3 Å². The Morgan fingerprint density at radius 1 is 1.20 bits per heavy atom. The van der Waals surface area contributed by atoms with Crippen LogP contribution < -0.4 is 5.32 Å². The number of halogens is 1. The molecule has 1 amide bonds. The first kappa shape index (κ1) is 19.2. The quantitative estimate of drug-likeness (QED) is 0.717. The molecule has 0 radical (unpaired) electrons. The van der Waals surface area contributed by atoms with Crippen LogP contribution in [0, 0.1) is 0 Å². The van der Waals surface area contributed by atoms with Crippen molar-refractivity contribution in [2.24, 2.45) is 0 Å². The molecule has 4 heteroatoms. The van der Waals surface area contributed by atoms with Crippen LogP contribution in [0.2, 0.25) is 5.02 Å². The molecule has 0 bridgehead atoms. The fourth-order valence-electron chi connectivity index (χ4n) is 2.43. The largest absolute Gasteiger partial charge is 0.388 e. The zero-order chi connectivity index (χ0) is 18.6. The average Bonchev–Trinajstić information content (AvgIpc) is 2.54. The molecule has 0 spiro atoms. The number of hydrogen-bond acceptors (Lipinski definition) is 2. The third kappa shape index (κ3) is 5.45. The van der Waals surface area contributed by atoms with Crippen LogP contribution >= 0.6 is 11.6 Å². The van der Waals surface area contributed by atoms with E-state index in [1.54, 1.807) is 24.3 Å². The smallest absolute Gasteiger partial charge is 0.251 e. The van der Waals surface area contributed by atoms with Crippen molar-refractivity contribution in [2.45, 2.75) is 38.7 Å². The predicted molar refractivity (Wildman–Crippen MR) is 104 cm³/mol. The van der Waals surface area contributed by atoms with Gasteiger partial charge >= 0.3 is 0 Å². The maximum Gasteiger partial charge on any atom is 0.251 e. The van der Waals surface area contributed by atoms with Gasteiger partial charge in [0.2, 0.25) is 0 Å². The van der Waals surface area contributed by atoms with Crippen LogP contribution in [0.4, 0.5) is 5.69 Å². The lowest BCUT2D eigenvalue weighted by Crippen LogP contribution is -2.16. The summed E-state index contributed by atoms with van der Waals surface area (Å²) < 4.78 is 0. The second-order valence-corrected chi connectivity index (χ2v) is 7.60. The summed E-state index contributed by atoms with van der Waals surface area (Å²) >= 11 is 5.93. The van der Waals surface area contributed by atoms with Crippen molar-refractivity contribution < 1.29 is 9.90 Å². The molecule has 0 saturated carbocycles. The van der Waals surface area contributed by atoms with E-state index in [9.17, 15) is 9.90 Å². The molecule has 2 aromatic rings. The van der Waals surface area contributed by atoms with Crippen LogP contribution in [0.3, 0.4) is 0 Å². The Morgan fingerprint density at radius 2 is 1.84 bits per heavy atom. The summed E-state index contributed by atoms with van der Waals surface area (Å²) in [5.41, 5.74) is 2.94. The summed E-state index contributed by atoms with van der Waals surface area (Å²) in [6.07, 6.45) is -0.674. The number of anilines is 1. The molecule has 0 unspecified atom stereocenters. The van der Waals surface area contributed by atoms with Crippen LogP contribution in [-0.4, -0.2) is 11.0 Å². The average molecular weight is 358 g/mol. The highest BCUT2D eigenvalue weighted by Crippen LogP contribution is 2.25. The Hall–Kier alpha value is -2.10. The molecule has 3 nitrogen and oxygen atoms in total. The predicted octanol–water partition coefficient (Wildman–Crippen LogP) is 5.26. The van der Waals surface area contributed by atoms with Gasteiger partial charge in [0.15, 0.2) is 0 Å². The molecule has 0 aromatic heterocycles. The minimum absolute atomic E-state index is 0.0627. The molecule has 0 aliphatic heterocycles. The van der Waals surface area contributed by atoms with Crippen molar-refractivity contribution in [3.05, 3.63) is 76.8 Å². The van der Waals surface area contributed by atoms with Gasteiger partial charge in [-0.15, -0.1) is 0 Å². The maximum absolute atomic E-state index is 12.3. The SMILES string of the molecule is C=C(C[C@H](O)c1cccc(Cl)c1)C(=O)Nc1ccc(C(C)(C)C)cc1. The molecule has 0 aliphatic carbocycles. The van der Waals surface area contributed by atoms with Gasteiger partial charge in [-0.25, -0.2) is 0 Å². The van der Waals surface area contributed by atoms with Crippen molar-refractivity contribution in [1.29, 1.82) is 0 Å². The van der Waals surface area contributed by atoms with Crippen LogP contribution in [0.15, 0.2) is 60.7 Å². The van der Waals surface area contributed by atoms with Crippen molar-refractivity contribution in [3.8, 4) is 0 Å². The lowest BCUT2D eigenvalue weighted by atomic mass is 9.87. The highest BCUT2D eigenvalue weighted by atomic mass is 35.5. The molecule has 2 N–H and O–H groups in total. The van der Waals surface area contributed by atoms with Gasteiger partial charge in [0.25, 0.3) is 5.91 Å². The third-order valence-electron chi connectivity index (χ3n) is 4.00. The van der Waals surface area contributed by atoms with Crippen molar-refractivity contribution in [1.82, 2.24) is 0 Å². The minimum atomic E-state index is -0.819.